The Morgan fingerprint density at radius 1 is 0.684 bits per heavy atom. The Kier molecular flexibility index (Phi) is 18.8. The van der Waals surface area contributed by atoms with Crippen LogP contribution in [-0.4, -0.2) is 77.3 Å². The van der Waals surface area contributed by atoms with Crippen LogP contribution in [0.5, 0.6) is 0 Å². The molecule has 0 radical (unpaired) electrons. The average molecular weight is 808 g/mol. The fraction of sp³-hybridized carbons (Fsp3) is 0.390. The van der Waals surface area contributed by atoms with E-state index in [0.717, 1.165) is 11.1 Å². The van der Waals surface area contributed by atoms with Crippen LogP contribution in [0.25, 0.3) is 0 Å². The minimum atomic E-state index is -1.39. The summed E-state index contributed by atoms with van der Waals surface area (Å²) in [5.41, 5.74) is 8.36. The number of hydroxylamine groups is 2. The molecule has 0 bridgehead atoms. The van der Waals surface area contributed by atoms with Gasteiger partial charge < -0.3 is 36.0 Å². The van der Waals surface area contributed by atoms with Crippen molar-refractivity contribution in [1.82, 2.24) is 21.0 Å². The van der Waals surface area contributed by atoms with Crippen molar-refractivity contribution in [3.8, 4) is 0 Å². The van der Waals surface area contributed by atoms with Crippen LogP contribution in [0, 0.1) is 5.92 Å². The van der Waals surface area contributed by atoms with Gasteiger partial charge in [-0.05, 0) is 35.4 Å². The summed E-state index contributed by atoms with van der Waals surface area (Å²) in [7, 11) is 0. The van der Waals surface area contributed by atoms with Crippen LogP contribution in [0.3, 0.4) is 0 Å². The SMILES string of the molecule is CC(C)CC(NC(=O)C(N)CCC(=O)OCc1ccccc1)C(=O)NC(COCc1ccccc1)C(=O)NC(Cc1ccccc1)C(=O)ON1C(=O)CCC1=O.Cl. The summed E-state index contributed by atoms with van der Waals surface area (Å²) in [5, 5.41) is 8.30. The van der Waals surface area contributed by atoms with E-state index in [1.807, 2.05) is 74.5 Å². The van der Waals surface area contributed by atoms with Crippen LogP contribution in [0.2, 0.25) is 0 Å². The van der Waals surface area contributed by atoms with Gasteiger partial charge in [0.15, 0.2) is 0 Å². The number of ether oxygens (including phenoxy) is 2. The molecule has 3 aromatic rings. The number of rotatable bonds is 21. The third kappa shape index (κ3) is 15.4. The molecule has 0 saturated carbocycles. The number of amides is 5. The molecule has 5 amide bonds. The maximum atomic E-state index is 13.9. The first-order valence-corrected chi connectivity index (χ1v) is 18.5. The van der Waals surface area contributed by atoms with Crippen molar-refractivity contribution in [3.05, 3.63) is 108 Å². The second kappa shape index (κ2) is 23.4. The number of nitrogens with two attached hydrogens (primary N) is 1. The van der Waals surface area contributed by atoms with E-state index in [-0.39, 0.29) is 76.7 Å². The van der Waals surface area contributed by atoms with E-state index in [1.165, 1.54) is 0 Å². The lowest BCUT2D eigenvalue weighted by molar-refractivity contribution is -0.199. The number of imide groups is 1. The van der Waals surface area contributed by atoms with Gasteiger partial charge in [-0.3, -0.25) is 28.8 Å². The Morgan fingerprint density at radius 3 is 1.74 bits per heavy atom. The Bertz CT molecular complexity index is 1780. The zero-order valence-corrected chi connectivity index (χ0v) is 32.7. The van der Waals surface area contributed by atoms with Crippen LogP contribution < -0.4 is 21.7 Å². The van der Waals surface area contributed by atoms with Gasteiger partial charge in [-0.1, -0.05) is 105 Å². The van der Waals surface area contributed by atoms with Gasteiger partial charge in [0.05, 0.1) is 19.3 Å². The summed E-state index contributed by atoms with van der Waals surface area (Å²) >= 11 is 0. The number of carbonyl (C=O) groups is 7. The van der Waals surface area contributed by atoms with Gasteiger partial charge >= 0.3 is 11.9 Å². The predicted octanol–water partition coefficient (Wildman–Crippen LogP) is 2.83. The number of esters is 1. The molecule has 4 unspecified atom stereocenters. The Balaban J connectivity index is 0.00000870. The third-order valence-corrected chi connectivity index (χ3v) is 8.68. The number of nitrogens with zero attached hydrogens (tertiary/aromatic N) is 1. The lowest BCUT2D eigenvalue weighted by atomic mass is 10.0. The zero-order valence-electron chi connectivity index (χ0n) is 31.9. The van der Waals surface area contributed by atoms with Crippen molar-refractivity contribution >= 4 is 53.9 Å². The van der Waals surface area contributed by atoms with Gasteiger partial charge in [-0.25, -0.2) is 4.79 Å². The number of hydrogen-bond donors (Lipinski definition) is 4. The van der Waals surface area contributed by atoms with Crippen molar-refractivity contribution in [3.63, 3.8) is 0 Å². The lowest BCUT2D eigenvalue weighted by Gasteiger charge is -2.26. The predicted molar refractivity (Wildman–Crippen MR) is 209 cm³/mol. The van der Waals surface area contributed by atoms with Crippen molar-refractivity contribution in [2.24, 2.45) is 11.7 Å². The highest BCUT2D eigenvalue weighted by molar-refractivity contribution is 6.02. The first-order valence-electron chi connectivity index (χ1n) is 18.5. The fourth-order valence-electron chi connectivity index (χ4n) is 5.65. The largest absolute Gasteiger partial charge is 0.461 e. The summed E-state index contributed by atoms with van der Waals surface area (Å²) in [5.74, 6) is -5.29. The summed E-state index contributed by atoms with van der Waals surface area (Å²) in [6.07, 6.45) is -0.304. The molecule has 3 aromatic carbocycles. The van der Waals surface area contributed by atoms with Gasteiger partial charge in [-0.15, -0.1) is 17.5 Å². The van der Waals surface area contributed by atoms with Gasteiger partial charge in [0, 0.05) is 25.7 Å². The van der Waals surface area contributed by atoms with E-state index in [4.69, 9.17) is 20.0 Å². The molecule has 0 spiro atoms. The molecule has 5 N–H and O–H groups in total. The number of benzene rings is 3. The van der Waals surface area contributed by atoms with Crippen LogP contribution in [0.15, 0.2) is 91.0 Å². The topological polar surface area (TPSA) is 213 Å². The molecule has 1 saturated heterocycles. The smallest absolute Gasteiger partial charge is 0.355 e. The molecule has 15 nitrogen and oxygen atoms in total. The molecule has 4 rings (SSSR count). The summed E-state index contributed by atoms with van der Waals surface area (Å²) in [6.45, 7) is 3.52. The minimum absolute atomic E-state index is 0. The highest BCUT2D eigenvalue weighted by atomic mass is 35.5. The van der Waals surface area contributed by atoms with E-state index in [9.17, 15) is 33.6 Å². The van der Waals surface area contributed by atoms with Crippen molar-refractivity contribution in [1.29, 1.82) is 0 Å². The third-order valence-electron chi connectivity index (χ3n) is 8.68. The maximum absolute atomic E-state index is 13.9. The quantitative estimate of drug-likeness (QED) is 0.0908. The molecule has 1 aliphatic rings. The van der Waals surface area contributed by atoms with E-state index >= 15 is 0 Å². The number of halogens is 1. The lowest BCUT2D eigenvalue weighted by Crippen LogP contribution is -2.59. The minimum Gasteiger partial charge on any atom is -0.461 e. The summed E-state index contributed by atoms with van der Waals surface area (Å²) in [4.78, 5) is 96.3. The number of nitrogens with one attached hydrogen (secondary N) is 3. The molecule has 1 aliphatic heterocycles. The molecule has 4 atom stereocenters. The summed E-state index contributed by atoms with van der Waals surface area (Å²) in [6, 6.07) is 21.9. The van der Waals surface area contributed by atoms with Gasteiger partial charge in [-0.2, -0.15) is 0 Å². The number of carbonyl (C=O) groups excluding carboxylic acids is 7. The Labute approximate surface area is 337 Å². The molecule has 0 aliphatic carbocycles. The van der Waals surface area contributed by atoms with E-state index < -0.39 is 65.6 Å². The van der Waals surface area contributed by atoms with Gasteiger partial charge in [0.25, 0.3) is 11.8 Å². The van der Waals surface area contributed by atoms with Crippen LogP contribution >= 0.6 is 12.4 Å². The average Bonchev–Trinajstić information content (AvgIpc) is 3.51. The van der Waals surface area contributed by atoms with Crippen LogP contribution in [-0.2, 0) is 67.5 Å². The fourth-order valence-corrected chi connectivity index (χ4v) is 5.65. The van der Waals surface area contributed by atoms with Crippen molar-refractivity contribution < 1.29 is 47.9 Å². The second-order valence-electron chi connectivity index (χ2n) is 13.8. The first-order chi connectivity index (χ1) is 26.9. The molecule has 1 heterocycles. The van der Waals surface area contributed by atoms with Crippen LogP contribution in [0.1, 0.15) is 62.6 Å². The monoisotopic (exact) mass is 807 g/mol. The second-order valence-corrected chi connectivity index (χ2v) is 13.8. The highest BCUT2D eigenvalue weighted by Crippen LogP contribution is 2.15. The normalized spacial score (nSPS) is 14.4. The zero-order chi connectivity index (χ0) is 40.5. The van der Waals surface area contributed by atoms with E-state index in [0.29, 0.717) is 10.6 Å². The number of hydrogen-bond acceptors (Lipinski definition) is 11. The van der Waals surface area contributed by atoms with Gasteiger partial charge in [0.2, 0.25) is 17.7 Å². The first kappa shape index (κ1) is 45.7. The molecular weight excluding hydrogens is 758 g/mol. The van der Waals surface area contributed by atoms with E-state index in [2.05, 4.69) is 16.0 Å². The van der Waals surface area contributed by atoms with Gasteiger partial charge in [0.1, 0.15) is 24.7 Å². The Hall–Kier alpha value is -5.64. The molecular formula is C41H50ClN5O10. The standard InChI is InChI=1S/C41H49N5O10.ClH/c1-27(2)22-32(43-38(50)31(42)18-21-37(49)55-25-30-16-10-5-11-17-30)39(51)45-34(26-54-24-29-14-8-4-9-15-29)40(52)44-33(23-28-12-6-3-7-13-28)41(53)56-46-35(47)19-20-36(46)48;/h3-17,27,31-34H,18-26,42H2,1-2H3,(H,43,50)(H,44,52)(H,45,51);1H. The molecule has 1 fully saturated rings. The van der Waals surface area contributed by atoms with Crippen LogP contribution in [0.4, 0.5) is 0 Å². The molecule has 16 heteroatoms. The Morgan fingerprint density at radius 2 is 1.18 bits per heavy atom. The highest BCUT2D eigenvalue weighted by Gasteiger charge is 2.37. The maximum Gasteiger partial charge on any atom is 0.355 e. The summed E-state index contributed by atoms with van der Waals surface area (Å²) < 4.78 is 11.1. The molecule has 0 aromatic heterocycles. The van der Waals surface area contributed by atoms with E-state index in [1.54, 1.807) is 30.3 Å². The molecule has 306 valence electrons. The van der Waals surface area contributed by atoms with Crippen molar-refractivity contribution in [2.45, 2.75) is 89.8 Å². The van der Waals surface area contributed by atoms with Crippen molar-refractivity contribution in [2.75, 3.05) is 6.61 Å². The molecule has 57 heavy (non-hydrogen) atoms.